The number of Topliss-reactive ketones (excluding diaryl/α,β-unsaturated/α-hetero) is 1. The van der Waals surface area contributed by atoms with Crippen molar-refractivity contribution in [1.82, 2.24) is 20.1 Å². The number of rotatable bonds is 11. The lowest BCUT2D eigenvalue weighted by atomic mass is 10.0. The molecule has 0 aromatic carbocycles. The zero-order chi connectivity index (χ0) is 30.8. The van der Waals surface area contributed by atoms with E-state index in [1.807, 2.05) is 31.0 Å². The molecule has 1 atom stereocenters. The van der Waals surface area contributed by atoms with E-state index < -0.39 is 0 Å². The summed E-state index contributed by atoms with van der Waals surface area (Å²) in [7, 11) is 3.64. The summed E-state index contributed by atoms with van der Waals surface area (Å²) < 4.78 is 7.26. The maximum absolute atomic E-state index is 10.0. The van der Waals surface area contributed by atoms with Crippen LogP contribution in [0.4, 0.5) is 5.69 Å². The Bertz CT molecular complexity index is 1100. The fourth-order valence-electron chi connectivity index (χ4n) is 4.94. The molecule has 1 N–H and O–H groups in total. The second-order valence-corrected chi connectivity index (χ2v) is 10.9. The van der Waals surface area contributed by atoms with Gasteiger partial charge in [0.25, 0.3) is 0 Å². The molecule has 230 valence electrons. The van der Waals surface area contributed by atoms with Crippen LogP contribution >= 0.6 is 0 Å². The summed E-state index contributed by atoms with van der Waals surface area (Å²) in [6.45, 7) is 20.0. The van der Waals surface area contributed by atoms with E-state index >= 15 is 0 Å². The van der Waals surface area contributed by atoms with Gasteiger partial charge in [-0.25, -0.2) is 0 Å². The molecule has 0 amide bonds. The molecule has 41 heavy (non-hydrogen) atoms. The molecule has 3 heterocycles. The van der Waals surface area contributed by atoms with Crippen molar-refractivity contribution < 1.29 is 9.53 Å². The van der Waals surface area contributed by atoms with Crippen LogP contribution in [-0.4, -0.2) is 53.3 Å². The molecule has 1 aliphatic rings. The van der Waals surface area contributed by atoms with Crippen LogP contribution in [0.2, 0.25) is 0 Å². The molecule has 0 aliphatic carbocycles. The Morgan fingerprint density at radius 1 is 1.15 bits per heavy atom. The van der Waals surface area contributed by atoms with Gasteiger partial charge in [0, 0.05) is 68.5 Å². The van der Waals surface area contributed by atoms with E-state index in [0.717, 1.165) is 68.8 Å². The largest absolute Gasteiger partial charge is 0.495 e. The highest BCUT2D eigenvalue weighted by atomic mass is 16.5. The van der Waals surface area contributed by atoms with Crippen molar-refractivity contribution in [3.05, 3.63) is 52.6 Å². The predicted molar refractivity (Wildman–Crippen MR) is 175 cm³/mol. The summed E-state index contributed by atoms with van der Waals surface area (Å²) >= 11 is 0. The molecule has 2 aromatic rings. The number of ketones is 1. The monoisotopic (exact) mass is 567 g/mol. The van der Waals surface area contributed by atoms with Gasteiger partial charge in [-0.3, -0.25) is 9.67 Å². The third-order valence-electron chi connectivity index (χ3n) is 6.80. The molecule has 7 heteroatoms. The fraction of sp³-hybridized carbons (Fsp3) is 0.618. The summed E-state index contributed by atoms with van der Waals surface area (Å²) in [4.78, 5) is 17.0. The maximum Gasteiger partial charge on any atom is 0.142 e. The van der Waals surface area contributed by atoms with Gasteiger partial charge >= 0.3 is 0 Å². The van der Waals surface area contributed by atoms with E-state index in [1.165, 1.54) is 35.4 Å². The first-order chi connectivity index (χ1) is 19.6. The molecule has 1 saturated heterocycles. The van der Waals surface area contributed by atoms with Crippen molar-refractivity contribution in [1.29, 1.82) is 0 Å². The fourth-order valence-corrected chi connectivity index (χ4v) is 4.94. The van der Waals surface area contributed by atoms with Crippen molar-refractivity contribution in [3.8, 4) is 0 Å². The summed E-state index contributed by atoms with van der Waals surface area (Å²) in [5, 5.41) is 7.98. The van der Waals surface area contributed by atoms with E-state index in [2.05, 4.69) is 80.1 Å². The number of carbonyl (C=O) groups excluding carboxylic acids is 1. The lowest BCUT2D eigenvalue weighted by Crippen LogP contribution is -2.49. The minimum absolute atomic E-state index is 0.289. The average Bonchev–Trinajstić information content (AvgIpc) is 3.28. The Balaban J connectivity index is 0.000000343. The van der Waals surface area contributed by atoms with Gasteiger partial charge in [-0.1, -0.05) is 52.2 Å². The Hall–Kier alpha value is -2.93. The maximum atomic E-state index is 10.0. The van der Waals surface area contributed by atoms with Crippen LogP contribution in [0.5, 0.6) is 0 Å². The van der Waals surface area contributed by atoms with Crippen LogP contribution in [0.15, 0.2) is 30.1 Å². The van der Waals surface area contributed by atoms with E-state index in [-0.39, 0.29) is 5.78 Å². The summed E-state index contributed by atoms with van der Waals surface area (Å²) in [6, 6.07) is 2.75. The Morgan fingerprint density at radius 3 is 2.39 bits per heavy atom. The molecule has 2 aromatic heterocycles. The number of anilines is 1. The summed E-state index contributed by atoms with van der Waals surface area (Å²) in [6.07, 6.45) is 15.5. The number of allylic oxidation sites excluding steroid dienone is 2. The van der Waals surface area contributed by atoms with Crippen LogP contribution in [0.25, 0.3) is 11.8 Å². The Labute approximate surface area is 250 Å². The highest BCUT2D eigenvalue weighted by Crippen LogP contribution is 2.25. The van der Waals surface area contributed by atoms with E-state index in [0.29, 0.717) is 6.04 Å². The SMILES string of the molecule is CC/C=C(\OC)c1nn(C)cc1/C=C(\C)CCC.CCCC(C)=O.CCCc1c(N2CCNC(C)C2)ccnc1C. The predicted octanol–water partition coefficient (Wildman–Crippen LogP) is 7.54. The number of hydrogen-bond donors (Lipinski definition) is 1. The topological polar surface area (TPSA) is 72.3 Å². The van der Waals surface area contributed by atoms with Gasteiger partial charge in [0.2, 0.25) is 0 Å². The molecule has 0 bridgehead atoms. The van der Waals surface area contributed by atoms with Crippen molar-refractivity contribution in [3.63, 3.8) is 0 Å². The van der Waals surface area contributed by atoms with Gasteiger partial charge in [0.05, 0.1) is 7.11 Å². The molecule has 3 rings (SSSR count). The van der Waals surface area contributed by atoms with Gasteiger partial charge in [-0.2, -0.15) is 5.10 Å². The third kappa shape index (κ3) is 13.1. The number of nitrogens with one attached hydrogen (secondary N) is 1. The molecule has 7 nitrogen and oxygen atoms in total. The number of aryl methyl sites for hydroxylation is 2. The van der Waals surface area contributed by atoms with Crippen molar-refractivity contribution in [2.75, 3.05) is 31.6 Å². The van der Waals surface area contributed by atoms with Crippen molar-refractivity contribution in [2.45, 2.75) is 106 Å². The zero-order valence-corrected chi connectivity index (χ0v) is 27.6. The number of carbonyl (C=O) groups is 1. The van der Waals surface area contributed by atoms with Crippen LogP contribution in [-0.2, 0) is 23.0 Å². The third-order valence-corrected chi connectivity index (χ3v) is 6.80. The molecule has 1 fully saturated rings. The van der Waals surface area contributed by atoms with E-state index in [9.17, 15) is 4.79 Å². The minimum Gasteiger partial charge on any atom is -0.495 e. The molecule has 1 aliphatic heterocycles. The minimum atomic E-state index is 0.289. The van der Waals surface area contributed by atoms with E-state index in [1.54, 1.807) is 14.0 Å². The van der Waals surface area contributed by atoms with Gasteiger partial charge < -0.3 is 19.7 Å². The average molecular weight is 568 g/mol. The molecule has 0 radical (unpaired) electrons. The number of pyridine rings is 1. The Kier molecular flexibility index (Phi) is 17.6. The summed E-state index contributed by atoms with van der Waals surface area (Å²) in [5.74, 6) is 1.14. The summed E-state index contributed by atoms with van der Waals surface area (Å²) in [5.41, 5.74) is 7.45. The molecule has 0 saturated carbocycles. The Morgan fingerprint density at radius 2 is 1.85 bits per heavy atom. The standard InChI is InChI=1S/C15H24N2O.C14H23N3.C5H10O/c1-6-8-12(3)10-13-11-17(4)16-15(13)14(18-5)9-7-2;1-4-5-13-12(3)16-7-6-14(13)17-9-8-15-11(2)10-17;1-3-4-5(2)6/h9-11H,6-8H2,1-5H3;6-7,11,15H,4-5,8-10H2,1-3H3;3-4H2,1-2H3/b12-10+,14-9-;;. The normalized spacial score (nSPS) is 15.5. The second kappa shape index (κ2) is 20.0. The van der Waals surface area contributed by atoms with Crippen molar-refractivity contribution in [2.24, 2.45) is 7.05 Å². The molecular formula is C34H57N5O2. The number of methoxy groups -OCH3 is 1. The molecular weight excluding hydrogens is 510 g/mol. The lowest BCUT2D eigenvalue weighted by molar-refractivity contribution is -0.117. The number of ether oxygens (including phenoxy) is 1. The van der Waals surface area contributed by atoms with Crippen LogP contribution in [0, 0.1) is 6.92 Å². The van der Waals surface area contributed by atoms with E-state index in [4.69, 9.17) is 4.74 Å². The highest BCUT2D eigenvalue weighted by Gasteiger charge is 2.19. The van der Waals surface area contributed by atoms with Crippen LogP contribution < -0.4 is 10.2 Å². The number of aromatic nitrogens is 3. The zero-order valence-electron chi connectivity index (χ0n) is 27.6. The number of hydrogen-bond acceptors (Lipinski definition) is 6. The van der Waals surface area contributed by atoms with Crippen molar-refractivity contribution >= 4 is 23.3 Å². The number of piperazine rings is 1. The quantitative estimate of drug-likeness (QED) is 0.283. The van der Waals surface area contributed by atoms with Crippen LogP contribution in [0.1, 0.15) is 110 Å². The molecule has 0 spiro atoms. The first kappa shape index (κ1) is 36.1. The first-order valence-electron chi connectivity index (χ1n) is 15.5. The lowest BCUT2D eigenvalue weighted by Gasteiger charge is -2.35. The highest BCUT2D eigenvalue weighted by molar-refractivity contribution is 5.75. The van der Waals surface area contributed by atoms with Crippen LogP contribution in [0.3, 0.4) is 0 Å². The number of nitrogens with zero attached hydrogens (tertiary/aromatic N) is 4. The van der Waals surface area contributed by atoms with Gasteiger partial charge in [-0.05, 0) is 71.1 Å². The first-order valence-corrected chi connectivity index (χ1v) is 15.5. The molecule has 1 unspecified atom stereocenters. The second-order valence-electron chi connectivity index (χ2n) is 10.9. The smallest absolute Gasteiger partial charge is 0.142 e. The van der Waals surface area contributed by atoms with Gasteiger partial charge in [0.1, 0.15) is 17.2 Å². The van der Waals surface area contributed by atoms with Gasteiger partial charge in [-0.15, -0.1) is 0 Å². The van der Waals surface area contributed by atoms with Gasteiger partial charge in [0.15, 0.2) is 0 Å².